The van der Waals surface area contributed by atoms with E-state index >= 15 is 0 Å². The molecule has 1 aliphatic heterocycles. The average Bonchev–Trinajstić information content (AvgIpc) is 3.47. The molecule has 462 valence electrons. The molecular weight excluding hydrogens is 991 g/mol. The summed E-state index contributed by atoms with van der Waals surface area (Å²) in [6.07, 6.45) is 58.8. The molecule has 1 amide bonds. The van der Waals surface area contributed by atoms with Crippen LogP contribution in [0, 0.1) is 0 Å². The molecular formula is C68H125NO10. The number of hydrogen-bond acceptors (Lipinski definition) is 10. The first-order chi connectivity index (χ1) is 38.7. The minimum absolute atomic E-state index is 0.111. The first kappa shape index (κ1) is 74.6. The predicted octanol–water partition coefficient (Wildman–Crippen LogP) is 16.4. The molecule has 8 atom stereocenters. The number of aliphatic hydroxyl groups is 5. The van der Waals surface area contributed by atoms with E-state index in [0.29, 0.717) is 19.3 Å². The first-order valence-electron chi connectivity index (χ1n) is 33.4. The zero-order chi connectivity index (χ0) is 57.5. The number of esters is 1. The Kier molecular flexibility index (Phi) is 53.0. The van der Waals surface area contributed by atoms with E-state index in [1.165, 1.54) is 173 Å². The van der Waals surface area contributed by atoms with Gasteiger partial charge in [-0.2, -0.15) is 0 Å². The van der Waals surface area contributed by atoms with Crippen molar-refractivity contribution in [2.24, 2.45) is 0 Å². The van der Waals surface area contributed by atoms with Crippen molar-refractivity contribution in [2.45, 2.75) is 359 Å². The fourth-order valence-corrected chi connectivity index (χ4v) is 10.5. The first-order valence-corrected chi connectivity index (χ1v) is 33.4. The van der Waals surface area contributed by atoms with Crippen molar-refractivity contribution in [1.29, 1.82) is 0 Å². The standard InChI is InChI=1S/C68H125NO10/c1-4-7-10-13-16-19-22-24-26-27-28-29-30-31-32-33-34-36-37-40-43-46-49-52-55-61(72)67(76)69-59(60(71)54-51-48-45-42-39-21-18-15-12-9-6-3)58-77-68-66(65(75)64(74)62(57-70)78-68)79-63(73)56-53-50-47-44-41-38-35-25-23-20-17-14-11-8-5-2/h8,11,14,17,20,23,51,54,59-62,64-66,68,70-72,74-75H,4-7,9-10,12-13,15-16,18-19,21-22,24-50,52-53,55-58H2,1-3H3,(H,69,76)/b11-8+,17-14+,23-20+,54-51+. The number of nitrogens with one attached hydrogen (secondary N) is 1. The number of ether oxygens (including phenoxy) is 3. The Labute approximate surface area is 485 Å². The van der Waals surface area contributed by atoms with Crippen LogP contribution in [0.4, 0.5) is 0 Å². The highest BCUT2D eigenvalue weighted by Crippen LogP contribution is 2.26. The second-order valence-corrected chi connectivity index (χ2v) is 23.2. The zero-order valence-electron chi connectivity index (χ0n) is 51.2. The van der Waals surface area contributed by atoms with Gasteiger partial charge in [0, 0.05) is 6.42 Å². The van der Waals surface area contributed by atoms with Gasteiger partial charge in [0.2, 0.25) is 5.91 Å². The van der Waals surface area contributed by atoms with E-state index in [1.54, 1.807) is 6.08 Å². The summed E-state index contributed by atoms with van der Waals surface area (Å²) in [4.78, 5) is 26.6. The molecule has 0 aromatic rings. The molecule has 0 aromatic carbocycles. The average molecular weight is 1120 g/mol. The highest BCUT2D eigenvalue weighted by molar-refractivity contribution is 5.80. The van der Waals surface area contributed by atoms with Crippen LogP contribution < -0.4 is 5.32 Å². The summed E-state index contributed by atoms with van der Waals surface area (Å²) in [5.74, 6) is -1.20. The molecule has 11 nitrogen and oxygen atoms in total. The van der Waals surface area contributed by atoms with Crippen LogP contribution >= 0.6 is 0 Å². The van der Waals surface area contributed by atoms with Gasteiger partial charge in [0.1, 0.15) is 24.4 Å². The Hall–Kier alpha value is -2.38. The molecule has 0 spiro atoms. The summed E-state index contributed by atoms with van der Waals surface area (Å²) < 4.78 is 17.6. The van der Waals surface area contributed by atoms with E-state index in [0.717, 1.165) is 89.9 Å². The van der Waals surface area contributed by atoms with Gasteiger partial charge in [0.05, 0.1) is 25.4 Å². The summed E-state index contributed by atoms with van der Waals surface area (Å²) in [7, 11) is 0. The molecule has 8 unspecified atom stereocenters. The quantitative estimate of drug-likeness (QED) is 0.0149. The lowest BCUT2D eigenvalue weighted by Gasteiger charge is -2.41. The Balaban J connectivity index is 2.57. The third-order valence-electron chi connectivity index (χ3n) is 15.8. The minimum atomic E-state index is -1.62. The van der Waals surface area contributed by atoms with Crippen LogP contribution in [0.15, 0.2) is 48.6 Å². The number of unbranched alkanes of at least 4 members (excludes halogenated alkanes) is 39. The molecule has 1 saturated heterocycles. The van der Waals surface area contributed by atoms with Crippen molar-refractivity contribution in [1.82, 2.24) is 5.32 Å². The van der Waals surface area contributed by atoms with Crippen LogP contribution in [0.2, 0.25) is 0 Å². The Morgan fingerprint density at radius 1 is 0.506 bits per heavy atom. The molecule has 79 heavy (non-hydrogen) atoms. The number of allylic oxidation sites excluding steroid dienone is 7. The van der Waals surface area contributed by atoms with Crippen molar-refractivity contribution < 1.29 is 49.3 Å². The lowest BCUT2D eigenvalue weighted by Crippen LogP contribution is -2.61. The molecule has 0 aromatic heterocycles. The SMILES string of the molecule is CC/C=C/C=C/C=C/CCCCCCCCCC(=O)OC1C(OCC(NC(=O)C(O)CCCCCCCCCCCCCCCCCCCCCCCCCC)C(O)/C=C/CCCCCCCCCCC)OC(CO)C(O)C1O. The molecule has 1 rings (SSSR count). The lowest BCUT2D eigenvalue weighted by atomic mass is 9.99. The minimum Gasteiger partial charge on any atom is -0.454 e. The van der Waals surface area contributed by atoms with Crippen LogP contribution in [0.1, 0.15) is 310 Å². The van der Waals surface area contributed by atoms with Gasteiger partial charge in [-0.15, -0.1) is 0 Å². The lowest BCUT2D eigenvalue weighted by molar-refractivity contribution is -0.305. The molecule has 1 fully saturated rings. The number of carbonyl (C=O) groups excluding carboxylic acids is 2. The normalized spacial score (nSPS) is 19.1. The van der Waals surface area contributed by atoms with Crippen molar-refractivity contribution in [3.05, 3.63) is 48.6 Å². The van der Waals surface area contributed by atoms with Crippen LogP contribution in [0.5, 0.6) is 0 Å². The molecule has 0 radical (unpaired) electrons. The van der Waals surface area contributed by atoms with Gasteiger partial charge in [-0.1, -0.05) is 307 Å². The Morgan fingerprint density at radius 3 is 1.35 bits per heavy atom. The highest BCUT2D eigenvalue weighted by Gasteiger charge is 2.47. The van der Waals surface area contributed by atoms with E-state index in [2.05, 4.69) is 56.5 Å². The smallest absolute Gasteiger partial charge is 0.306 e. The molecule has 11 heteroatoms. The fraction of sp³-hybridized carbons (Fsp3) is 0.853. The predicted molar refractivity (Wildman–Crippen MR) is 329 cm³/mol. The van der Waals surface area contributed by atoms with Gasteiger partial charge in [-0.25, -0.2) is 0 Å². The maximum Gasteiger partial charge on any atom is 0.306 e. The maximum atomic E-state index is 13.4. The zero-order valence-corrected chi connectivity index (χ0v) is 51.2. The second-order valence-electron chi connectivity index (χ2n) is 23.2. The van der Waals surface area contributed by atoms with E-state index in [-0.39, 0.29) is 13.0 Å². The summed E-state index contributed by atoms with van der Waals surface area (Å²) in [5.41, 5.74) is 0. The molecule has 1 aliphatic rings. The van der Waals surface area contributed by atoms with Gasteiger partial charge in [0.15, 0.2) is 12.4 Å². The van der Waals surface area contributed by atoms with E-state index in [4.69, 9.17) is 14.2 Å². The van der Waals surface area contributed by atoms with Gasteiger partial charge in [0.25, 0.3) is 0 Å². The van der Waals surface area contributed by atoms with E-state index < -0.39 is 67.4 Å². The van der Waals surface area contributed by atoms with E-state index in [1.807, 2.05) is 12.2 Å². The summed E-state index contributed by atoms with van der Waals surface area (Å²) in [6, 6.07) is -1.02. The second kappa shape index (κ2) is 56.1. The number of rotatable bonds is 57. The van der Waals surface area contributed by atoms with Crippen LogP contribution in [-0.4, -0.2) is 99.6 Å². The monoisotopic (exact) mass is 1120 g/mol. The van der Waals surface area contributed by atoms with Crippen LogP contribution in [-0.2, 0) is 23.8 Å². The fourth-order valence-electron chi connectivity index (χ4n) is 10.5. The van der Waals surface area contributed by atoms with Gasteiger partial charge < -0.3 is 45.1 Å². The summed E-state index contributed by atoms with van der Waals surface area (Å²) in [5, 5.41) is 57.0. The van der Waals surface area contributed by atoms with Crippen molar-refractivity contribution in [3.8, 4) is 0 Å². The Morgan fingerprint density at radius 2 is 0.911 bits per heavy atom. The number of aliphatic hydroxyl groups excluding tert-OH is 5. The van der Waals surface area contributed by atoms with Crippen molar-refractivity contribution >= 4 is 11.9 Å². The number of carbonyl (C=O) groups is 2. The third-order valence-corrected chi connectivity index (χ3v) is 15.8. The maximum absolute atomic E-state index is 13.4. The molecule has 1 heterocycles. The third kappa shape index (κ3) is 43.9. The van der Waals surface area contributed by atoms with Crippen molar-refractivity contribution in [3.63, 3.8) is 0 Å². The van der Waals surface area contributed by atoms with Crippen LogP contribution in [0.3, 0.4) is 0 Å². The van der Waals surface area contributed by atoms with Crippen molar-refractivity contribution in [2.75, 3.05) is 13.2 Å². The number of amides is 1. The molecule has 0 aliphatic carbocycles. The van der Waals surface area contributed by atoms with Gasteiger partial charge in [-0.3, -0.25) is 9.59 Å². The van der Waals surface area contributed by atoms with E-state index in [9.17, 15) is 35.1 Å². The topological polar surface area (TPSA) is 175 Å². The molecule has 0 saturated carbocycles. The molecule has 0 bridgehead atoms. The number of hydrogen-bond donors (Lipinski definition) is 6. The van der Waals surface area contributed by atoms with Gasteiger partial charge in [-0.05, 0) is 44.9 Å². The largest absolute Gasteiger partial charge is 0.454 e. The molecule has 6 N–H and O–H groups in total. The van der Waals surface area contributed by atoms with Crippen LogP contribution in [0.25, 0.3) is 0 Å². The van der Waals surface area contributed by atoms with Gasteiger partial charge >= 0.3 is 5.97 Å². The Bertz CT molecular complexity index is 1470. The summed E-state index contributed by atoms with van der Waals surface area (Å²) >= 11 is 0. The highest BCUT2D eigenvalue weighted by atomic mass is 16.7. The summed E-state index contributed by atoms with van der Waals surface area (Å²) in [6.45, 7) is 5.68.